The predicted molar refractivity (Wildman–Crippen MR) is 135 cm³/mol. The van der Waals surface area contributed by atoms with Crippen molar-refractivity contribution in [1.82, 2.24) is 10.2 Å². The van der Waals surface area contributed by atoms with Gasteiger partial charge in [-0.15, -0.1) is 0 Å². The van der Waals surface area contributed by atoms with Crippen LogP contribution in [0.1, 0.15) is 57.0 Å². The Hall–Kier alpha value is -3.19. The van der Waals surface area contributed by atoms with Crippen molar-refractivity contribution in [3.05, 3.63) is 29.3 Å². The molecule has 2 atom stereocenters. The monoisotopic (exact) mass is 503 g/mol. The van der Waals surface area contributed by atoms with E-state index in [1.165, 1.54) is 9.80 Å². The summed E-state index contributed by atoms with van der Waals surface area (Å²) in [5.74, 6) is 4.82. The fraction of sp³-hybridized carbons (Fsp3) is 0.520. The zero-order valence-corrected chi connectivity index (χ0v) is 21.9. The highest BCUT2D eigenvalue weighted by Crippen LogP contribution is 2.27. The summed E-state index contributed by atoms with van der Waals surface area (Å²) >= 11 is 4.38. The summed E-state index contributed by atoms with van der Waals surface area (Å²) in [5, 5.41) is 2.14. The molecule has 0 spiro atoms. The second kappa shape index (κ2) is 12.0. The van der Waals surface area contributed by atoms with Gasteiger partial charge in [0.1, 0.15) is 12.1 Å². The van der Waals surface area contributed by atoms with Gasteiger partial charge in [0.15, 0.2) is 0 Å². The molecule has 1 aromatic carbocycles. The molecule has 0 radical (unpaired) electrons. The summed E-state index contributed by atoms with van der Waals surface area (Å²) in [4.78, 5) is 52.6. The first kappa shape index (κ1) is 28.1. The highest BCUT2D eigenvalue weighted by atomic mass is 32.1. The van der Waals surface area contributed by atoms with Gasteiger partial charge >= 0.3 is 12.1 Å². The Balaban J connectivity index is 2.20. The van der Waals surface area contributed by atoms with Crippen molar-refractivity contribution in [3.8, 4) is 11.8 Å². The minimum atomic E-state index is -0.605. The van der Waals surface area contributed by atoms with Gasteiger partial charge in [0, 0.05) is 25.2 Å². The Morgan fingerprint density at radius 2 is 1.94 bits per heavy atom. The van der Waals surface area contributed by atoms with Gasteiger partial charge < -0.3 is 24.6 Å². The first-order valence-electron chi connectivity index (χ1n) is 11.4. The molecule has 10 heteroatoms. The van der Waals surface area contributed by atoms with Crippen molar-refractivity contribution in [2.45, 2.75) is 57.9 Å². The minimum absolute atomic E-state index is 0.0165. The number of rotatable bonds is 6. The number of nitrogens with zero attached hydrogens (tertiary/aromatic N) is 2. The van der Waals surface area contributed by atoms with Crippen LogP contribution in [0.3, 0.4) is 0 Å². The molecule has 1 aliphatic heterocycles. The second-order valence-electron chi connectivity index (χ2n) is 9.14. The van der Waals surface area contributed by atoms with E-state index >= 15 is 0 Å². The van der Waals surface area contributed by atoms with Crippen LogP contribution in [0.5, 0.6) is 0 Å². The molecule has 2 unspecified atom stereocenters. The van der Waals surface area contributed by atoms with E-state index in [9.17, 15) is 19.2 Å². The molecule has 9 nitrogen and oxygen atoms in total. The van der Waals surface area contributed by atoms with Crippen LogP contribution in [-0.2, 0) is 19.1 Å². The molecule has 2 rings (SSSR count). The number of likely N-dealkylation sites (N-methyl/N-ethyl adjacent to an activating group) is 1. The smallest absolute Gasteiger partial charge is 0.407 e. The van der Waals surface area contributed by atoms with E-state index in [0.29, 0.717) is 16.8 Å². The standard InChI is InChI=1S/C25H33N3O6S/c1-7-33-22(30)12-16(2)28-15-21(29)27(6)20-11-9-17(13-19(20)23(28)31)8-10-18(35)14-26-24(32)34-25(3,4)5/h9,11,13,16,18,35H,7,12,14-15H2,1-6H3,(H,26,32). The first-order chi connectivity index (χ1) is 16.3. The van der Waals surface area contributed by atoms with Crippen LogP contribution in [0.15, 0.2) is 18.2 Å². The van der Waals surface area contributed by atoms with Crippen molar-refractivity contribution in [2.75, 3.05) is 31.6 Å². The second-order valence-corrected chi connectivity index (χ2v) is 9.77. The molecule has 35 heavy (non-hydrogen) atoms. The third-order valence-corrected chi connectivity index (χ3v) is 5.36. The van der Waals surface area contributed by atoms with E-state index in [2.05, 4.69) is 29.8 Å². The Kier molecular flexibility index (Phi) is 9.60. The number of hydrogen-bond donors (Lipinski definition) is 2. The summed E-state index contributed by atoms with van der Waals surface area (Å²) < 4.78 is 10.2. The zero-order chi connectivity index (χ0) is 26.3. The van der Waals surface area contributed by atoms with Crippen LogP contribution in [-0.4, -0.2) is 72.4 Å². The Labute approximate surface area is 211 Å². The molecule has 0 bridgehead atoms. The molecule has 0 aromatic heterocycles. The topological polar surface area (TPSA) is 105 Å². The molecule has 0 saturated heterocycles. The Morgan fingerprint density at radius 3 is 2.57 bits per heavy atom. The van der Waals surface area contributed by atoms with Gasteiger partial charge in [-0.2, -0.15) is 12.6 Å². The Morgan fingerprint density at radius 1 is 1.26 bits per heavy atom. The van der Waals surface area contributed by atoms with Gasteiger partial charge in [-0.1, -0.05) is 11.8 Å². The molecule has 0 aliphatic carbocycles. The normalized spacial score (nSPS) is 15.3. The van der Waals surface area contributed by atoms with E-state index in [4.69, 9.17) is 9.47 Å². The number of anilines is 1. The number of nitrogens with one attached hydrogen (secondary N) is 1. The molecular weight excluding hydrogens is 470 g/mol. The van der Waals surface area contributed by atoms with Gasteiger partial charge in [-0.05, 0) is 52.8 Å². The summed E-state index contributed by atoms with van der Waals surface area (Å²) in [5.41, 5.74) is 0.718. The van der Waals surface area contributed by atoms with Crippen molar-refractivity contribution in [3.63, 3.8) is 0 Å². The van der Waals surface area contributed by atoms with E-state index in [1.54, 1.807) is 59.9 Å². The van der Waals surface area contributed by atoms with Gasteiger partial charge in [0.25, 0.3) is 5.91 Å². The van der Waals surface area contributed by atoms with Crippen LogP contribution in [0.2, 0.25) is 0 Å². The highest BCUT2D eigenvalue weighted by Gasteiger charge is 2.33. The predicted octanol–water partition coefficient (Wildman–Crippen LogP) is 2.62. The largest absolute Gasteiger partial charge is 0.466 e. The number of fused-ring (bicyclic) bond motifs is 1. The average molecular weight is 504 g/mol. The maximum Gasteiger partial charge on any atom is 0.407 e. The average Bonchev–Trinajstić information content (AvgIpc) is 2.85. The summed E-state index contributed by atoms with van der Waals surface area (Å²) in [6.45, 7) is 8.99. The van der Waals surface area contributed by atoms with Crippen molar-refractivity contribution >= 4 is 42.2 Å². The van der Waals surface area contributed by atoms with E-state index in [1.807, 2.05) is 0 Å². The number of alkyl carbamates (subject to hydrolysis) is 1. The quantitative estimate of drug-likeness (QED) is 0.351. The number of benzene rings is 1. The molecule has 3 amide bonds. The number of ether oxygens (including phenoxy) is 2. The summed E-state index contributed by atoms with van der Waals surface area (Å²) in [7, 11) is 1.60. The molecule has 1 aromatic rings. The first-order valence-corrected chi connectivity index (χ1v) is 11.9. The van der Waals surface area contributed by atoms with Gasteiger partial charge in [0.2, 0.25) is 5.91 Å². The molecule has 0 saturated carbocycles. The number of amides is 3. The minimum Gasteiger partial charge on any atom is -0.466 e. The Bertz CT molecular complexity index is 1040. The third-order valence-electron chi connectivity index (χ3n) is 5.05. The van der Waals surface area contributed by atoms with E-state index in [-0.39, 0.29) is 37.9 Å². The van der Waals surface area contributed by atoms with Crippen LogP contribution >= 0.6 is 12.6 Å². The molecule has 1 heterocycles. The lowest BCUT2D eigenvalue weighted by Crippen LogP contribution is -2.44. The lowest BCUT2D eigenvalue weighted by molar-refractivity contribution is -0.144. The summed E-state index contributed by atoms with van der Waals surface area (Å²) in [6.07, 6.45) is -0.573. The number of carbonyl (C=O) groups excluding carboxylic acids is 4. The molecule has 190 valence electrons. The molecule has 0 fully saturated rings. The fourth-order valence-corrected chi connectivity index (χ4v) is 3.49. The fourth-order valence-electron chi connectivity index (χ4n) is 3.33. The number of carbonyl (C=O) groups is 4. The SMILES string of the molecule is CCOC(=O)CC(C)N1CC(=O)N(C)c2ccc(C#CC(S)CNC(=O)OC(C)(C)C)cc2C1=O. The number of thiol groups is 1. The molecule has 1 N–H and O–H groups in total. The number of esters is 1. The molecular formula is C25H33N3O6S. The summed E-state index contributed by atoms with van der Waals surface area (Å²) in [6, 6.07) is 4.47. The lowest BCUT2D eigenvalue weighted by atomic mass is 10.1. The van der Waals surface area contributed by atoms with E-state index in [0.717, 1.165) is 0 Å². The van der Waals surface area contributed by atoms with Gasteiger partial charge in [-0.3, -0.25) is 14.4 Å². The molecule has 1 aliphatic rings. The van der Waals surface area contributed by atoms with Crippen LogP contribution in [0.4, 0.5) is 10.5 Å². The van der Waals surface area contributed by atoms with Gasteiger partial charge in [0.05, 0.1) is 29.5 Å². The zero-order valence-electron chi connectivity index (χ0n) is 21.0. The maximum atomic E-state index is 13.4. The van der Waals surface area contributed by atoms with Crippen LogP contribution < -0.4 is 10.2 Å². The maximum absolute atomic E-state index is 13.4. The van der Waals surface area contributed by atoms with Crippen LogP contribution in [0.25, 0.3) is 0 Å². The van der Waals surface area contributed by atoms with Crippen molar-refractivity contribution in [2.24, 2.45) is 0 Å². The van der Waals surface area contributed by atoms with Crippen molar-refractivity contribution < 1.29 is 28.7 Å². The van der Waals surface area contributed by atoms with Crippen LogP contribution in [0, 0.1) is 11.8 Å². The third kappa shape index (κ3) is 8.21. The highest BCUT2D eigenvalue weighted by molar-refractivity contribution is 7.81. The van der Waals surface area contributed by atoms with E-state index < -0.39 is 29.0 Å². The van der Waals surface area contributed by atoms with Gasteiger partial charge in [-0.25, -0.2) is 4.79 Å². The van der Waals surface area contributed by atoms with Crippen molar-refractivity contribution in [1.29, 1.82) is 0 Å². The lowest BCUT2D eigenvalue weighted by Gasteiger charge is -2.26. The number of hydrogen-bond acceptors (Lipinski definition) is 7.